The van der Waals surface area contributed by atoms with Gasteiger partial charge in [0, 0.05) is 11.3 Å². The van der Waals surface area contributed by atoms with Gasteiger partial charge in [-0.2, -0.15) is 0 Å². The number of aromatic nitrogens is 2. The third kappa shape index (κ3) is 2.64. The van der Waals surface area contributed by atoms with E-state index in [1.807, 2.05) is 12.1 Å². The maximum Gasteiger partial charge on any atom is 0.161 e. The summed E-state index contributed by atoms with van der Waals surface area (Å²) in [5, 5.41) is 0.505. The average Bonchev–Trinajstić information content (AvgIpc) is 2.32. The van der Waals surface area contributed by atoms with Crippen molar-refractivity contribution in [1.29, 1.82) is 0 Å². The van der Waals surface area contributed by atoms with Crippen LogP contribution in [0.5, 0.6) is 0 Å². The van der Waals surface area contributed by atoms with Crippen molar-refractivity contribution in [3.63, 3.8) is 0 Å². The maximum atomic E-state index is 6.00. The molecule has 0 aliphatic heterocycles. The molecule has 0 fully saturated rings. The van der Waals surface area contributed by atoms with Gasteiger partial charge in [0.2, 0.25) is 0 Å². The van der Waals surface area contributed by atoms with E-state index in [9.17, 15) is 0 Å². The summed E-state index contributed by atoms with van der Waals surface area (Å²) >= 11 is 6.00. The van der Waals surface area contributed by atoms with Gasteiger partial charge >= 0.3 is 0 Å². The van der Waals surface area contributed by atoms with Crippen LogP contribution in [-0.4, -0.2) is 9.97 Å². The fraction of sp³-hybridized carbons (Fsp3) is 0.286. The molecule has 0 radical (unpaired) electrons. The molecule has 0 amide bonds. The van der Waals surface area contributed by atoms with Crippen molar-refractivity contribution >= 4 is 11.6 Å². The molecule has 3 heteroatoms. The van der Waals surface area contributed by atoms with Gasteiger partial charge in [-0.25, -0.2) is 9.97 Å². The number of rotatable bonds is 2. The maximum absolute atomic E-state index is 6.00. The monoisotopic (exact) mass is 246 g/mol. The number of hydrogen-bond donors (Lipinski definition) is 0. The molecular weight excluding hydrogens is 232 g/mol. The molecule has 1 heterocycles. The molecule has 2 nitrogen and oxygen atoms in total. The summed E-state index contributed by atoms with van der Waals surface area (Å²) in [5.74, 6) is 0.706. The van der Waals surface area contributed by atoms with Gasteiger partial charge < -0.3 is 0 Å². The SMILES string of the molecule is CCc1cc(Cl)nc(-c2ccc(C)c(C)c2)n1. The Morgan fingerprint density at radius 3 is 2.47 bits per heavy atom. The van der Waals surface area contributed by atoms with E-state index in [1.54, 1.807) is 0 Å². The second-order valence-corrected chi connectivity index (χ2v) is 4.55. The van der Waals surface area contributed by atoms with Crippen LogP contribution < -0.4 is 0 Å². The van der Waals surface area contributed by atoms with Crippen LogP contribution in [0.2, 0.25) is 5.15 Å². The van der Waals surface area contributed by atoms with Gasteiger partial charge in [-0.05, 0) is 43.5 Å². The average molecular weight is 247 g/mol. The van der Waals surface area contributed by atoms with E-state index < -0.39 is 0 Å². The highest BCUT2D eigenvalue weighted by Crippen LogP contribution is 2.21. The van der Waals surface area contributed by atoms with Gasteiger partial charge in [-0.1, -0.05) is 30.7 Å². The Hall–Kier alpha value is -1.41. The number of hydrogen-bond acceptors (Lipinski definition) is 2. The first kappa shape index (κ1) is 12.1. The number of aryl methyl sites for hydroxylation is 3. The van der Waals surface area contributed by atoms with E-state index in [1.165, 1.54) is 11.1 Å². The molecule has 0 aliphatic rings. The summed E-state index contributed by atoms with van der Waals surface area (Å²) in [4.78, 5) is 8.77. The van der Waals surface area contributed by atoms with Crippen molar-refractivity contribution in [2.24, 2.45) is 0 Å². The minimum Gasteiger partial charge on any atom is -0.233 e. The van der Waals surface area contributed by atoms with E-state index in [4.69, 9.17) is 11.6 Å². The van der Waals surface area contributed by atoms with Gasteiger partial charge in [-0.3, -0.25) is 0 Å². The third-order valence-corrected chi connectivity index (χ3v) is 3.07. The second kappa shape index (κ2) is 4.84. The zero-order chi connectivity index (χ0) is 12.4. The lowest BCUT2D eigenvalue weighted by Crippen LogP contribution is -1.95. The van der Waals surface area contributed by atoms with Crippen molar-refractivity contribution in [3.05, 3.63) is 46.2 Å². The molecule has 2 aromatic rings. The zero-order valence-electron chi connectivity index (χ0n) is 10.3. The summed E-state index contributed by atoms with van der Waals surface area (Å²) in [7, 11) is 0. The first-order chi connectivity index (χ1) is 8.10. The zero-order valence-corrected chi connectivity index (χ0v) is 11.0. The van der Waals surface area contributed by atoms with Crippen LogP contribution in [0.4, 0.5) is 0 Å². The van der Waals surface area contributed by atoms with E-state index in [0.717, 1.165) is 17.7 Å². The number of halogens is 1. The van der Waals surface area contributed by atoms with Crippen molar-refractivity contribution < 1.29 is 0 Å². The standard InChI is InChI=1S/C14H15ClN2/c1-4-12-8-13(15)17-14(16-12)11-6-5-9(2)10(3)7-11/h5-8H,4H2,1-3H3. The Bertz CT molecular complexity index is 550. The Balaban J connectivity index is 2.52. The molecule has 0 aliphatic carbocycles. The molecule has 17 heavy (non-hydrogen) atoms. The van der Waals surface area contributed by atoms with Crippen molar-refractivity contribution in [2.45, 2.75) is 27.2 Å². The van der Waals surface area contributed by atoms with Crippen LogP contribution in [0.3, 0.4) is 0 Å². The van der Waals surface area contributed by atoms with Crippen LogP contribution in [0.1, 0.15) is 23.7 Å². The van der Waals surface area contributed by atoms with Crippen LogP contribution in [0.15, 0.2) is 24.3 Å². The van der Waals surface area contributed by atoms with E-state index in [-0.39, 0.29) is 0 Å². The molecule has 0 saturated heterocycles. The largest absolute Gasteiger partial charge is 0.233 e. The Morgan fingerprint density at radius 2 is 1.82 bits per heavy atom. The predicted octanol–water partition coefficient (Wildman–Crippen LogP) is 3.98. The van der Waals surface area contributed by atoms with Crippen molar-refractivity contribution in [1.82, 2.24) is 9.97 Å². The molecule has 0 bridgehead atoms. The number of benzene rings is 1. The molecular formula is C14H15ClN2. The summed E-state index contributed by atoms with van der Waals surface area (Å²) in [5.41, 5.74) is 4.50. The minimum absolute atomic E-state index is 0.505. The van der Waals surface area contributed by atoms with Crippen molar-refractivity contribution in [2.75, 3.05) is 0 Å². The quantitative estimate of drug-likeness (QED) is 0.750. The van der Waals surface area contributed by atoms with Gasteiger partial charge in [-0.15, -0.1) is 0 Å². The van der Waals surface area contributed by atoms with E-state index in [0.29, 0.717) is 11.0 Å². The Labute approximate surface area is 107 Å². The van der Waals surface area contributed by atoms with Crippen LogP contribution in [-0.2, 0) is 6.42 Å². The normalized spacial score (nSPS) is 10.6. The van der Waals surface area contributed by atoms with Gasteiger partial charge in [0.25, 0.3) is 0 Å². The summed E-state index contributed by atoms with van der Waals surface area (Å²) < 4.78 is 0. The van der Waals surface area contributed by atoms with Crippen LogP contribution >= 0.6 is 11.6 Å². The fourth-order valence-corrected chi connectivity index (χ4v) is 1.86. The Morgan fingerprint density at radius 1 is 1.06 bits per heavy atom. The summed E-state index contributed by atoms with van der Waals surface area (Å²) in [6, 6.07) is 8.03. The Kier molecular flexibility index (Phi) is 3.43. The first-order valence-electron chi connectivity index (χ1n) is 5.71. The van der Waals surface area contributed by atoms with E-state index >= 15 is 0 Å². The highest BCUT2D eigenvalue weighted by molar-refractivity contribution is 6.29. The van der Waals surface area contributed by atoms with Gasteiger partial charge in [0.15, 0.2) is 5.82 Å². The molecule has 0 spiro atoms. The van der Waals surface area contributed by atoms with Crippen LogP contribution in [0.25, 0.3) is 11.4 Å². The summed E-state index contributed by atoms with van der Waals surface area (Å²) in [6.45, 7) is 6.24. The van der Waals surface area contributed by atoms with E-state index in [2.05, 4.69) is 42.9 Å². The lowest BCUT2D eigenvalue weighted by Gasteiger charge is -2.06. The summed E-state index contributed by atoms with van der Waals surface area (Å²) in [6.07, 6.45) is 0.861. The first-order valence-corrected chi connectivity index (χ1v) is 6.09. The van der Waals surface area contributed by atoms with Gasteiger partial charge in [0.1, 0.15) is 5.15 Å². The smallest absolute Gasteiger partial charge is 0.161 e. The minimum atomic E-state index is 0.505. The fourth-order valence-electron chi connectivity index (χ4n) is 1.65. The molecule has 1 aromatic heterocycles. The molecule has 2 rings (SSSR count). The lowest BCUT2D eigenvalue weighted by atomic mass is 10.1. The van der Waals surface area contributed by atoms with Gasteiger partial charge in [0.05, 0.1) is 0 Å². The van der Waals surface area contributed by atoms with Crippen LogP contribution in [0, 0.1) is 13.8 Å². The number of nitrogens with zero attached hydrogens (tertiary/aromatic N) is 2. The van der Waals surface area contributed by atoms with Crippen molar-refractivity contribution in [3.8, 4) is 11.4 Å². The topological polar surface area (TPSA) is 25.8 Å². The second-order valence-electron chi connectivity index (χ2n) is 4.16. The molecule has 0 unspecified atom stereocenters. The third-order valence-electron chi connectivity index (χ3n) is 2.88. The predicted molar refractivity (Wildman–Crippen MR) is 71.3 cm³/mol. The highest BCUT2D eigenvalue weighted by Gasteiger charge is 2.06. The lowest BCUT2D eigenvalue weighted by molar-refractivity contribution is 1.00. The molecule has 88 valence electrons. The molecule has 0 N–H and O–H groups in total. The molecule has 1 aromatic carbocycles. The molecule has 0 atom stereocenters. The highest BCUT2D eigenvalue weighted by atomic mass is 35.5. The molecule has 0 saturated carbocycles.